The molecule has 4 nitrogen and oxygen atoms in total. The highest BCUT2D eigenvalue weighted by Crippen LogP contribution is 2.38. The number of hydrogen-bond acceptors (Lipinski definition) is 5. The van der Waals surface area contributed by atoms with Crippen molar-refractivity contribution in [3.63, 3.8) is 0 Å². The van der Waals surface area contributed by atoms with Crippen LogP contribution in [-0.4, -0.2) is 11.1 Å². The van der Waals surface area contributed by atoms with Crippen LogP contribution >= 0.6 is 11.8 Å². The molecule has 0 aliphatic heterocycles. The van der Waals surface area contributed by atoms with Crippen LogP contribution in [0, 0.1) is 0 Å². The summed E-state index contributed by atoms with van der Waals surface area (Å²) < 4.78 is 10.7. The molecule has 0 N–H and O–H groups in total. The lowest BCUT2D eigenvalue weighted by Crippen LogP contribution is -2.06. The molecule has 21 heavy (non-hydrogen) atoms. The number of fused-ring (bicyclic) bond motifs is 1. The second kappa shape index (κ2) is 6.01. The number of nitrogens with zero attached hydrogens (tertiary/aromatic N) is 1. The number of thioether (sulfide) groups is 1. The Morgan fingerprint density at radius 1 is 1.14 bits per heavy atom. The molecule has 3 rings (SSSR count). The molecule has 2 aromatic carbocycles. The van der Waals surface area contributed by atoms with E-state index < -0.39 is 5.44 Å². The number of carbonyl (C=O) groups is 1. The third-order valence-electron chi connectivity index (χ3n) is 2.89. The molecule has 0 aliphatic rings. The topological polar surface area (TPSA) is 52.3 Å². The van der Waals surface area contributed by atoms with E-state index in [1.54, 1.807) is 0 Å². The van der Waals surface area contributed by atoms with E-state index in [2.05, 4.69) is 5.16 Å². The molecule has 0 saturated carbocycles. The van der Waals surface area contributed by atoms with Crippen LogP contribution < -0.4 is 0 Å². The highest BCUT2D eigenvalue weighted by molar-refractivity contribution is 7.99. The van der Waals surface area contributed by atoms with Crippen molar-refractivity contribution in [2.75, 3.05) is 0 Å². The van der Waals surface area contributed by atoms with Gasteiger partial charge in [0, 0.05) is 17.2 Å². The van der Waals surface area contributed by atoms with E-state index in [-0.39, 0.29) is 5.97 Å². The number of aromatic nitrogens is 1. The molecule has 1 heterocycles. The normalized spacial score (nSPS) is 12.2. The lowest BCUT2D eigenvalue weighted by Gasteiger charge is -2.14. The van der Waals surface area contributed by atoms with Crippen molar-refractivity contribution in [3.8, 4) is 0 Å². The average Bonchev–Trinajstić information content (AvgIpc) is 2.91. The van der Waals surface area contributed by atoms with Crippen LogP contribution in [0.15, 0.2) is 64.0 Å². The van der Waals surface area contributed by atoms with Gasteiger partial charge in [-0.15, -0.1) is 0 Å². The molecule has 1 aromatic heterocycles. The number of para-hydroxylation sites is 1. The predicted molar refractivity (Wildman–Crippen MR) is 80.8 cm³/mol. The average molecular weight is 299 g/mol. The van der Waals surface area contributed by atoms with Gasteiger partial charge in [0.15, 0.2) is 11.0 Å². The second-order valence-corrected chi connectivity index (χ2v) is 5.57. The summed E-state index contributed by atoms with van der Waals surface area (Å²) in [4.78, 5) is 12.4. The second-order valence-electron chi connectivity index (χ2n) is 4.44. The zero-order valence-electron chi connectivity index (χ0n) is 11.4. The maximum Gasteiger partial charge on any atom is 0.304 e. The monoisotopic (exact) mass is 299 g/mol. The molecule has 0 radical (unpaired) electrons. The maximum atomic E-state index is 11.4. The Morgan fingerprint density at radius 3 is 2.62 bits per heavy atom. The van der Waals surface area contributed by atoms with Crippen molar-refractivity contribution in [2.24, 2.45) is 0 Å². The van der Waals surface area contributed by atoms with Crippen molar-refractivity contribution < 1.29 is 14.1 Å². The largest absolute Gasteiger partial charge is 0.444 e. The summed E-state index contributed by atoms with van der Waals surface area (Å²) in [6, 6.07) is 17.3. The zero-order chi connectivity index (χ0) is 14.7. The number of benzene rings is 2. The quantitative estimate of drug-likeness (QED) is 0.411. The number of esters is 1. The highest BCUT2D eigenvalue weighted by atomic mass is 32.2. The van der Waals surface area contributed by atoms with Gasteiger partial charge in [0.2, 0.25) is 0 Å². The molecule has 1 atom stereocenters. The lowest BCUT2D eigenvalue weighted by molar-refractivity contribution is -0.142. The van der Waals surface area contributed by atoms with Crippen molar-refractivity contribution in [3.05, 3.63) is 60.3 Å². The molecule has 0 fully saturated rings. The van der Waals surface area contributed by atoms with Crippen molar-refractivity contribution in [2.45, 2.75) is 17.3 Å². The Hall–Kier alpha value is -2.27. The minimum absolute atomic E-state index is 0.351. The maximum absolute atomic E-state index is 11.4. The Morgan fingerprint density at radius 2 is 1.86 bits per heavy atom. The van der Waals surface area contributed by atoms with Crippen LogP contribution in [0.1, 0.15) is 18.1 Å². The number of carbonyl (C=O) groups excluding carboxylic acids is 1. The van der Waals surface area contributed by atoms with Gasteiger partial charge in [-0.25, -0.2) is 0 Å². The number of ether oxygens (including phenoxy) is 1. The molecule has 0 saturated heterocycles. The minimum atomic E-state index is -0.534. The first kappa shape index (κ1) is 13.7. The molecule has 0 bridgehead atoms. The van der Waals surface area contributed by atoms with E-state index in [1.165, 1.54) is 18.7 Å². The van der Waals surface area contributed by atoms with Gasteiger partial charge in [-0.3, -0.25) is 4.79 Å². The Balaban J connectivity index is 1.97. The Labute approximate surface area is 126 Å². The summed E-state index contributed by atoms with van der Waals surface area (Å²) in [5, 5.41) is 4.93. The SMILES string of the molecule is CC(=O)OC(Sc1ccccc1)c1noc2ccccc12. The fourth-order valence-electron chi connectivity index (χ4n) is 1.98. The molecule has 0 aliphatic carbocycles. The van der Waals surface area contributed by atoms with E-state index in [9.17, 15) is 4.79 Å². The van der Waals surface area contributed by atoms with Crippen LogP contribution in [0.3, 0.4) is 0 Å². The summed E-state index contributed by atoms with van der Waals surface area (Å²) in [6.07, 6.45) is 0. The third-order valence-corrected chi connectivity index (χ3v) is 3.97. The van der Waals surface area contributed by atoms with Crippen molar-refractivity contribution in [1.29, 1.82) is 0 Å². The molecular formula is C16H13NO3S. The molecule has 3 aromatic rings. The van der Waals surface area contributed by atoms with E-state index in [1.807, 2.05) is 54.6 Å². The summed E-state index contributed by atoms with van der Waals surface area (Å²) in [5.74, 6) is -0.351. The molecule has 5 heteroatoms. The number of rotatable bonds is 4. The summed E-state index contributed by atoms with van der Waals surface area (Å²) in [7, 11) is 0. The van der Waals surface area contributed by atoms with Gasteiger partial charge in [-0.05, 0) is 24.3 Å². The van der Waals surface area contributed by atoms with Crippen molar-refractivity contribution in [1.82, 2.24) is 5.16 Å². The minimum Gasteiger partial charge on any atom is -0.444 e. The highest BCUT2D eigenvalue weighted by Gasteiger charge is 2.23. The van der Waals surface area contributed by atoms with E-state index >= 15 is 0 Å². The van der Waals surface area contributed by atoms with Gasteiger partial charge in [-0.2, -0.15) is 0 Å². The first-order chi connectivity index (χ1) is 10.2. The van der Waals surface area contributed by atoms with Gasteiger partial charge < -0.3 is 9.26 Å². The number of hydrogen-bond donors (Lipinski definition) is 0. The third kappa shape index (κ3) is 3.08. The molecular weight excluding hydrogens is 286 g/mol. The van der Waals surface area contributed by atoms with E-state index in [4.69, 9.17) is 9.26 Å². The Kier molecular flexibility index (Phi) is 3.92. The molecule has 0 spiro atoms. The standard InChI is InChI=1S/C16H13NO3S/c1-11(18)19-16(21-12-7-3-2-4-8-12)15-13-9-5-6-10-14(13)20-17-15/h2-10,16H,1H3. The van der Waals surface area contributed by atoms with Crippen LogP contribution in [0.4, 0.5) is 0 Å². The zero-order valence-corrected chi connectivity index (χ0v) is 12.2. The van der Waals surface area contributed by atoms with Gasteiger partial charge in [-0.1, -0.05) is 47.3 Å². The van der Waals surface area contributed by atoms with E-state index in [0.717, 1.165) is 10.3 Å². The first-order valence-corrected chi connectivity index (χ1v) is 7.35. The summed E-state index contributed by atoms with van der Waals surface area (Å²) in [6.45, 7) is 1.39. The smallest absolute Gasteiger partial charge is 0.304 e. The fraction of sp³-hybridized carbons (Fsp3) is 0.125. The lowest BCUT2D eigenvalue weighted by atomic mass is 10.2. The van der Waals surface area contributed by atoms with Crippen LogP contribution in [0.5, 0.6) is 0 Å². The summed E-state index contributed by atoms with van der Waals surface area (Å²) >= 11 is 1.42. The molecule has 106 valence electrons. The Bertz CT molecular complexity index is 754. The molecule has 1 unspecified atom stereocenters. The van der Waals surface area contributed by atoms with Crippen LogP contribution in [0.25, 0.3) is 11.0 Å². The van der Waals surface area contributed by atoms with Crippen LogP contribution in [-0.2, 0) is 9.53 Å². The predicted octanol–water partition coefficient (Wildman–Crippen LogP) is 4.18. The fourth-order valence-corrected chi connectivity index (χ4v) is 3.01. The van der Waals surface area contributed by atoms with Gasteiger partial charge in [0.05, 0.1) is 0 Å². The summed E-state index contributed by atoms with van der Waals surface area (Å²) in [5.41, 5.74) is 0.765. The van der Waals surface area contributed by atoms with Gasteiger partial charge >= 0.3 is 5.97 Å². The first-order valence-electron chi connectivity index (χ1n) is 6.47. The van der Waals surface area contributed by atoms with Gasteiger partial charge in [0.25, 0.3) is 0 Å². The van der Waals surface area contributed by atoms with Gasteiger partial charge in [0.1, 0.15) is 5.69 Å². The van der Waals surface area contributed by atoms with Crippen molar-refractivity contribution >= 4 is 28.7 Å². The molecule has 0 amide bonds. The van der Waals surface area contributed by atoms with Crippen LogP contribution in [0.2, 0.25) is 0 Å². The van der Waals surface area contributed by atoms with E-state index in [0.29, 0.717) is 11.3 Å².